The van der Waals surface area contributed by atoms with Crippen molar-refractivity contribution >= 4 is 10.0 Å². The Kier molecular flexibility index (Phi) is 4.22. The summed E-state index contributed by atoms with van der Waals surface area (Å²) in [6.07, 6.45) is 9.95. The van der Waals surface area contributed by atoms with Crippen molar-refractivity contribution in [3.05, 3.63) is 49.4 Å². The van der Waals surface area contributed by atoms with Gasteiger partial charge in [0.1, 0.15) is 0 Å². The lowest BCUT2D eigenvalue weighted by Gasteiger charge is -2.04. The molecular formula is C14H16N6O2S. The van der Waals surface area contributed by atoms with Crippen LogP contribution in [0.5, 0.6) is 0 Å². The smallest absolute Gasteiger partial charge is 0.259 e. The van der Waals surface area contributed by atoms with E-state index in [0.717, 1.165) is 11.1 Å². The van der Waals surface area contributed by atoms with Gasteiger partial charge >= 0.3 is 0 Å². The number of nitrogens with zero attached hydrogens (tertiary/aromatic N) is 5. The minimum absolute atomic E-state index is 0.0107. The van der Waals surface area contributed by atoms with Crippen molar-refractivity contribution in [1.82, 2.24) is 29.0 Å². The Morgan fingerprint density at radius 2 is 2.09 bits per heavy atom. The van der Waals surface area contributed by atoms with Gasteiger partial charge in [-0.3, -0.25) is 9.67 Å². The van der Waals surface area contributed by atoms with Gasteiger partial charge in [-0.25, -0.2) is 18.1 Å². The SMILES string of the molecule is Cn1cnc(S(=O)(=O)NCCn2cc(-c3cccnc3)cn2)c1. The van der Waals surface area contributed by atoms with Gasteiger partial charge < -0.3 is 4.57 Å². The van der Waals surface area contributed by atoms with Crippen LogP contribution in [0.15, 0.2) is 54.5 Å². The predicted molar refractivity (Wildman–Crippen MR) is 83.9 cm³/mol. The van der Waals surface area contributed by atoms with Gasteiger partial charge in [-0.15, -0.1) is 0 Å². The van der Waals surface area contributed by atoms with Crippen LogP contribution in [0.1, 0.15) is 0 Å². The third-order valence-corrected chi connectivity index (χ3v) is 4.56. The molecule has 0 aliphatic heterocycles. The zero-order valence-electron chi connectivity index (χ0n) is 12.5. The number of rotatable bonds is 6. The first-order chi connectivity index (χ1) is 11.0. The first kappa shape index (κ1) is 15.4. The molecule has 0 fully saturated rings. The van der Waals surface area contributed by atoms with Crippen molar-refractivity contribution in [2.45, 2.75) is 11.6 Å². The number of pyridine rings is 1. The Bertz CT molecular complexity index is 885. The van der Waals surface area contributed by atoms with Crippen LogP contribution in [0, 0.1) is 0 Å². The summed E-state index contributed by atoms with van der Waals surface area (Å²) in [5.41, 5.74) is 1.90. The molecule has 0 aliphatic carbocycles. The summed E-state index contributed by atoms with van der Waals surface area (Å²) in [6, 6.07) is 3.80. The summed E-state index contributed by atoms with van der Waals surface area (Å²) >= 11 is 0. The highest BCUT2D eigenvalue weighted by Crippen LogP contribution is 2.16. The molecule has 0 spiro atoms. The molecule has 23 heavy (non-hydrogen) atoms. The quantitative estimate of drug-likeness (QED) is 0.715. The lowest BCUT2D eigenvalue weighted by atomic mass is 10.2. The highest BCUT2D eigenvalue weighted by atomic mass is 32.2. The van der Waals surface area contributed by atoms with E-state index in [4.69, 9.17) is 0 Å². The second-order valence-corrected chi connectivity index (χ2v) is 6.72. The normalized spacial score (nSPS) is 11.7. The van der Waals surface area contributed by atoms with Crippen LogP contribution in [0.25, 0.3) is 11.1 Å². The van der Waals surface area contributed by atoms with E-state index in [1.807, 2.05) is 18.3 Å². The lowest BCUT2D eigenvalue weighted by molar-refractivity contribution is 0.558. The van der Waals surface area contributed by atoms with Gasteiger partial charge in [-0.2, -0.15) is 5.10 Å². The van der Waals surface area contributed by atoms with E-state index in [1.165, 1.54) is 12.5 Å². The van der Waals surface area contributed by atoms with E-state index in [9.17, 15) is 8.42 Å². The molecule has 3 heterocycles. The van der Waals surface area contributed by atoms with Crippen LogP contribution in [-0.2, 0) is 23.6 Å². The van der Waals surface area contributed by atoms with Crippen molar-refractivity contribution in [3.8, 4) is 11.1 Å². The van der Waals surface area contributed by atoms with Gasteiger partial charge in [-0.05, 0) is 6.07 Å². The molecule has 9 heteroatoms. The van der Waals surface area contributed by atoms with Crippen molar-refractivity contribution < 1.29 is 8.42 Å². The molecule has 3 aromatic rings. The maximum atomic E-state index is 12.0. The van der Waals surface area contributed by atoms with Crippen LogP contribution < -0.4 is 4.72 Å². The second kappa shape index (κ2) is 6.31. The first-order valence-corrected chi connectivity index (χ1v) is 8.43. The van der Waals surface area contributed by atoms with Crippen molar-refractivity contribution in [2.24, 2.45) is 7.05 Å². The summed E-state index contributed by atoms with van der Waals surface area (Å²) < 4.78 is 29.9. The molecule has 1 N–H and O–H groups in total. The fraction of sp³-hybridized carbons (Fsp3) is 0.214. The maximum absolute atomic E-state index is 12.0. The minimum Gasteiger partial charge on any atom is -0.339 e. The number of hydrogen-bond donors (Lipinski definition) is 1. The van der Waals surface area contributed by atoms with Gasteiger partial charge in [-0.1, -0.05) is 6.07 Å². The van der Waals surface area contributed by atoms with Crippen LogP contribution in [0.3, 0.4) is 0 Å². The molecule has 3 rings (SSSR count). The fourth-order valence-corrected chi connectivity index (χ4v) is 3.06. The molecule has 8 nitrogen and oxygen atoms in total. The van der Waals surface area contributed by atoms with Gasteiger partial charge in [0.2, 0.25) is 0 Å². The van der Waals surface area contributed by atoms with Gasteiger partial charge in [0.15, 0.2) is 5.03 Å². The molecule has 0 atom stereocenters. The topological polar surface area (TPSA) is 94.7 Å². The fourth-order valence-electron chi connectivity index (χ4n) is 2.06. The summed E-state index contributed by atoms with van der Waals surface area (Å²) in [4.78, 5) is 7.90. The standard InChI is InChI=1S/C14H16N6O2S/c1-19-10-14(16-11-19)23(21,22)18-5-6-20-9-13(8-17-20)12-3-2-4-15-7-12/h2-4,7-11,18H,5-6H2,1H3. The molecule has 3 aromatic heterocycles. The summed E-state index contributed by atoms with van der Waals surface area (Å²) in [5.74, 6) is 0. The van der Waals surface area contributed by atoms with E-state index >= 15 is 0 Å². The Morgan fingerprint density at radius 3 is 2.78 bits per heavy atom. The second-order valence-electron chi connectivity index (χ2n) is 5.01. The molecule has 0 amide bonds. The van der Waals surface area contributed by atoms with Gasteiger partial charge in [0.25, 0.3) is 10.0 Å². The highest BCUT2D eigenvalue weighted by molar-refractivity contribution is 7.89. The van der Waals surface area contributed by atoms with E-state index in [-0.39, 0.29) is 11.6 Å². The Morgan fingerprint density at radius 1 is 1.22 bits per heavy atom. The molecule has 0 unspecified atom stereocenters. The maximum Gasteiger partial charge on any atom is 0.259 e. The lowest BCUT2D eigenvalue weighted by Crippen LogP contribution is -2.27. The Balaban J connectivity index is 1.60. The van der Waals surface area contributed by atoms with Crippen molar-refractivity contribution in [1.29, 1.82) is 0 Å². The molecule has 0 aromatic carbocycles. The van der Waals surface area contributed by atoms with Gasteiger partial charge in [0, 0.05) is 49.5 Å². The summed E-state index contributed by atoms with van der Waals surface area (Å²) in [7, 11) is -1.87. The van der Waals surface area contributed by atoms with E-state index in [0.29, 0.717) is 6.54 Å². The van der Waals surface area contributed by atoms with Crippen LogP contribution in [0.2, 0.25) is 0 Å². The molecule has 0 radical (unpaired) electrons. The third kappa shape index (κ3) is 3.63. The molecular weight excluding hydrogens is 316 g/mol. The number of nitrogens with one attached hydrogen (secondary N) is 1. The number of aromatic nitrogens is 5. The number of hydrogen-bond acceptors (Lipinski definition) is 5. The minimum atomic E-state index is -3.59. The average molecular weight is 332 g/mol. The molecule has 0 aliphatic rings. The largest absolute Gasteiger partial charge is 0.339 e. The first-order valence-electron chi connectivity index (χ1n) is 6.95. The number of imidazole rings is 1. The summed E-state index contributed by atoms with van der Waals surface area (Å²) in [5, 5.41) is 4.23. The van der Waals surface area contributed by atoms with Crippen molar-refractivity contribution in [2.75, 3.05) is 6.54 Å². The van der Waals surface area contributed by atoms with E-state index in [2.05, 4.69) is 19.8 Å². The molecule has 0 saturated heterocycles. The molecule has 120 valence electrons. The number of sulfonamides is 1. The monoisotopic (exact) mass is 332 g/mol. The molecule has 0 bridgehead atoms. The van der Waals surface area contributed by atoms with Crippen LogP contribution in [0.4, 0.5) is 0 Å². The van der Waals surface area contributed by atoms with Crippen LogP contribution >= 0.6 is 0 Å². The van der Waals surface area contributed by atoms with E-state index in [1.54, 1.807) is 34.9 Å². The Labute approximate surface area is 133 Å². The molecule has 0 saturated carbocycles. The van der Waals surface area contributed by atoms with Gasteiger partial charge in [0.05, 0.1) is 19.1 Å². The van der Waals surface area contributed by atoms with E-state index < -0.39 is 10.0 Å². The zero-order chi connectivity index (χ0) is 16.3. The Hall–Kier alpha value is -2.52. The van der Waals surface area contributed by atoms with Crippen molar-refractivity contribution in [3.63, 3.8) is 0 Å². The zero-order valence-corrected chi connectivity index (χ0v) is 13.3. The third-order valence-electron chi connectivity index (χ3n) is 3.22. The predicted octanol–water partition coefficient (Wildman–Crippen LogP) is 0.657. The number of aryl methyl sites for hydroxylation is 1. The van der Waals surface area contributed by atoms with Crippen LogP contribution in [-0.4, -0.2) is 39.3 Å². The highest BCUT2D eigenvalue weighted by Gasteiger charge is 2.16. The summed E-state index contributed by atoms with van der Waals surface area (Å²) in [6.45, 7) is 0.652. The average Bonchev–Trinajstić information content (AvgIpc) is 3.17.